The zero-order chi connectivity index (χ0) is 10.7. The van der Waals surface area contributed by atoms with Crippen LogP contribution in [0.5, 0.6) is 0 Å². The van der Waals surface area contributed by atoms with E-state index in [0.717, 1.165) is 5.56 Å². The summed E-state index contributed by atoms with van der Waals surface area (Å²) in [7, 11) is 0. The second-order valence-corrected chi connectivity index (χ2v) is 2.98. The zero-order valence-electron chi connectivity index (χ0n) is 7.57. The molecule has 0 spiro atoms. The van der Waals surface area contributed by atoms with Gasteiger partial charge in [-0.15, -0.1) is 0 Å². The number of nitrogens with zero attached hydrogens (tertiary/aromatic N) is 2. The molecule has 0 aliphatic carbocycles. The number of aromatic amines is 1. The SMILES string of the molecule is O=c1nc(NCl)nc(-c2ccccc2)[nH]1. The Morgan fingerprint density at radius 1 is 1.20 bits per heavy atom. The quantitative estimate of drug-likeness (QED) is 0.754. The molecule has 2 N–H and O–H groups in total. The van der Waals surface area contributed by atoms with Crippen molar-refractivity contribution in [3.63, 3.8) is 0 Å². The third-order valence-electron chi connectivity index (χ3n) is 1.78. The van der Waals surface area contributed by atoms with Crippen LogP contribution in [-0.4, -0.2) is 15.0 Å². The fourth-order valence-electron chi connectivity index (χ4n) is 1.16. The van der Waals surface area contributed by atoms with E-state index >= 15 is 0 Å². The summed E-state index contributed by atoms with van der Waals surface area (Å²) in [6, 6.07) is 9.24. The number of benzene rings is 1. The number of hydrogen-bond acceptors (Lipinski definition) is 4. The number of aromatic nitrogens is 3. The van der Waals surface area contributed by atoms with Crippen molar-refractivity contribution in [2.24, 2.45) is 0 Å². The first kappa shape index (κ1) is 9.67. The van der Waals surface area contributed by atoms with E-state index in [1.807, 2.05) is 30.3 Å². The van der Waals surface area contributed by atoms with Crippen LogP contribution in [0.15, 0.2) is 35.1 Å². The van der Waals surface area contributed by atoms with E-state index < -0.39 is 5.69 Å². The van der Waals surface area contributed by atoms with Crippen molar-refractivity contribution >= 4 is 17.7 Å². The molecule has 0 aliphatic rings. The fourth-order valence-corrected chi connectivity index (χ4v) is 1.24. The highest BCUT2D eigenvalue weighted by Gasteiger charge is 2.03. The van der Waals surface area contributed by atoms with E-state index in [2.05, 4.69) is 19.8 Å². The molecule has 0 atom stereocenters. The van der Waals surface area contributed by atoms with Gasteiger partial charge in [0.15, 0.2) is 0 Å². The summed E-state index contributed by atoms with van der Waals surface area (Å²) < 4.78 is 0. The molecule has 0 fully saturated rings. The lowest BCUT2D eigenvalue weighted by molar-refractivity contribution is 1.01. The highest BCUT2D eigenvalue weighted by Crippen LogP contribution is 2.12. The van der Waals surface area contributed by atoms with Gasteiger partial charge in [0, 0.05) is 17.3 Å². The Bertz CT molecular complexity index is 511. The average molecular weight is 223 g/mol. The molecule has 1 heterocycles. The summed E-state index contributed by atoms with van der Waals surface area (Å²) in [5.74, 6) is 0.512. The van der Waals surface area contributed by atoms with Crippen LogP contribution in [0.2, 0.25) is 0 Å². The molecule has 0 saturated carbocycles. The van der Waals surface area contributed by atoms with E-state index in [1.54, 1.807) is 0 Å². The van der Waals surface area contributed by atoms with E-state index in [4.69, 9.17) is 11.8 Å². The summed E-state index contributed by atoms with van der Waals surface area (Å²) in [5, 5.41) is 0. The molecule has 2 aromatic rings. The maximum atomic E-state index is 11.1. The van der Waals surface area contributed by atoms with Crippen molar-refractivity contribution in [3.8, 4) is 11.4 Å². The van der Waals surface area contributed by atoms with E-state index in [9.17, 15) is 4.79 Å². The molecule has 76 valence electrons. The average Bonchev–Trinajstić information content (AvgIpc) is 2.29. The van der Waals surface area contributed by atoms with Gasteiger partial charge in [-0.3, -0.25) is 9.82 Å². The van der Waals surface area contributed by atoms with Gasteiger partial charge in [0.2, 0.25) is 5.95 Å². The number of hydrogen-bond donors (Lipinski definition) is 2. The molecule has 0 radical (unpaired) electrons. The van der Waals surface area contributed by atoms with Gasteiger partial charge in [0.05, 0.1) is 0 Å². The number of H-pyrrole nitrogens is 1. The minimum absolute atomic E-state index is 0.0827. The van der Waals surface area contributed by atoms with Crippen molar-refractivity contribution < 1.29 is 0 Å². The third kappa shape index (κ3) is 2.13. The molecule has 15 heavy (non-hydrogen) atoms. The first-order valence-electron chi connectivity index (χ1n) is 4.20. The van der Waals surface area contributed by atoms with Crippen LogP contribution in [0, 0.1) is 0 Å². The standard InChI is InChI=1S/C9H7ClN4O/c10-14-8-11-7(12-9(15)13-8)6-4-2-1-3-5-6/h1-5H,(H2,11,12,13,14,15). The van der Waals surface area contributed by atoms with Crippen molar-refractivity contribution in [1.29, 1.82) is 0 Å². The number of anilines is 1. The van der Waals surface area contributed by atoms with Crippen molar-refractivity contribution in [2.45, 2.75) is 0 Å². The van der Waals surface area contributed by atoms with Gasteiger partial charge in [-0.05, 0) is 0 Å². The largest absolute Gasteiger partial charge is 0.349 e. The summed E-state index contributed by atoms with van der Waals surface area (Å²) in [5.41, 5.74) is 0.303. The smallest absolute Gasteiger partial charge is 0.290 e. The van der Waals surface area contributed by atoms with Crippen molar-refractivity contribution in [1.82, 2.24) is 15.0 Å². The molecule has 0 aliphatic heterocycles. The van der Waals surface area contributed by atoms with Crippen LogP contribution in [-0.2, 0) is 0 Å². The van der Waals surface area contributed by atoms with Crippen LogP contribution in [0.25, 0.3) is 11.4 Å². The van der Waals surface area contributed by atoms with Gasteiger partial charge in [-0.1, -0.05) is 30.3 Å². The molecular formula is C9H7ClN4O. The molecule has 0 saturated heterocycles. The Labute approximate surface area is 90.3 Å². The predicted molar refractivity (Wildman–Crippen MR) is 57.6 cm³/mol. The fraction of sp³-hybridized carbons (Fsp3) is 0. The first-order chi connectivity index (χ1) is 7.29. The van der Waals surface area contributed by atoms with Crippen LogP contribution >= 0.6 is 11.8 Å². The van der Waals surface area contributed by atoms with Gasteiger partial charge < -0.3 is 0 Å². The molecular weight excluding hydrogens is 216 g/mol. The number of halogens is 1. The van der Waals surface area contributed by atoms with Gasteiger partial charge >= 0.3 is 5.69 Å². The minimum Gasteiger partial charge on any atom is -0.290 e. The molecule has 6 heteroatoms. The van der Waals surface area contributed by atoms with E-state index in [-0.39, 0.29) is 5.95 Å². The Morgan fingerprint density at radius 2 is 1.93 bits per heavy atom. The van der Waals surface area contributed by atoms with Gasteiger partial charge in [-0.25, -0.2) is 4.79 Å². The predicted octanol–water partition coefficient (Wildman–Crippen LogP) is 1.40. The summed E-state index contributed by atoms with van der Waals surface area (Å²) in [6.45, 7) is 0. The second kappa shape index (κ2) is 4.10. The van der Waals surface area contributed by atoms with Crippen LogP contribution in [0.1, 0.15) is 0 Å². The Balaban J connectivity index is 2.54. The minimum atomic E-state index is -0.494. The molecule has 1 aromatic carbocycles. The maximum absolute atomic E-state index is 11.1. The molecule has 0 unspecified atom stereocenters. The number of nitrogens with one attached hydrogen (secondary N) is 2. The van der Waals surface area contributed by atoms with Crippen LogP contribution in [0.4, 0.5) is 5.95 Å². The normalized spacial score (nSPS) is 9.93. The molecule has 0 amide bonds. The summed E-state index contributed by atoms with van der Waals surface area (Å²) >= 11 is 5.33. The maximum Gasteiger partial charge on any atom is 0.349 e. The van der Waals surface area contributed by atoms with Gasteiger partial charge in [0.1, 0.15) is 5.82 Å². The van der Waals surface area contributed by atoms with E-state index in [0.29, 0.717) is 5.82 Å². The molecule has 1 aromatic heterocycles. The van der Waals surface area contributed by atoms with Crippen LogP contribution in [0.3, 0.4) is 0 Å². The topological polar surface area (TPSA) is 70.7 Å². The summed E-state index contributed by atoms with van der Waals surface area (Å²) in [6.07, 6.45) is 0. The van der Waals surface area contributed by atoms with Gasteiger partial charge in [0.25, 0.3) is 0 Å². The Morgan fingerprint density at radius 3 is 2.60 bits per heavy atom. The lowest BCUT2D eigenvalue weighted by Gasteiger charge is -2.00. The Hall–Kier alpha value is -1.88. The van der Waals surface area contributed by atoms with Crippen molar-refractivity contribution in [3.05, 3.63) is 40.8 Å². The van der Waals surface area contributed by atoms with Gasteiger partial charge in [-0.2, -0.15) is 9.97 Å². The highest BCUT2D eigenvalue weighted by molar-refractivity contribution is 6.23. The third-order valence-corrected chi connectivity index (χ3v) is 1.95. The second-order valence-electron chi connectivity index (χ2n) is 2.79. The molecule has 0 bridgehead atoms. The summed E-state index contributed by atoms with van der Waals surface area (Å²) in [4.78, 5) is 23.4. The zero-order valence-corrected chi connectivity index (χ0v) is 8.32. The Kier molecular flexibility index (Phi) is 2.64. The molecule has 2 rings (SSSR count). The lowest BCUT2D eigenvalue weighted by Crippen LogP contribution is -2.14. The molecule has 5 nitrogen and oxygen atoms in total. The lowest BCUT2D eigenvalue weighted by atomic mass is 10.2. The van der Waals surface area contributed by atoms with E-state index in [1.165, 1.54) is 0 Å². The van der Waals surface area contributed by atoms with Crippen LogP contribution < -0.4 is 10.5 Å². The van der Waals surface area contributed by atoms with Crippen molar-refractivity contribution in [2.75, 3.05) is 4.84 Å². The highest BCUT2D eigenvalue weighted by atomic mass is 35.5. The monoisotopic (exact) mass is 222 g/mol. The first-order valence-corrected chi connectivity index (χ1v) is 4.58. The number of rotatable bonds is 2.